The lowest BCUT2D eigenvalue weighted by molar-refractivity contribution is -0.131. The summed E-state index contributed by atoms with van der Waals surface area (Å²) in [6.45, 7) is 0.526. The zero-order valence-electron chi connectivity index (χ0n) is 7.62. The maximum atomic E-state index is 11.4. The first-order valence-electron chi connectivity index (χ1n) is 4.59. The van der Waals surface area contributed by atoms with Crippen molar-refractivity contribution in [2.75, 3.05) is 20.2 Å². The molecule has 0 heterocycles. The molecular weight excluding hydrogens is 154 g/mol. The van der Waals surface area contributed by atoms with Crippen molar-refractivity contribution in [1.82, 2.24) is 4.90 Å². The Morgan fingerprint density at radius 2 is 2.25 bits per heavy atom. The SMILES string of the molecule is CN(CCO)C(=O)CC1CCC1. The van der Waals surface area contributed by atoms with Crippen LogP contribution in [-0.2, 0) is 4.79 Å². The van der Waals surface area contributed by atoms with Crippen LogP contribution in [0.4, 0.5) is 0 Å². The van der Waals surface area contributed by atoms with E-state index in [4.69, 9.17) is 5.11 Å². The van der Waals surface area contributed by atoms with Gasteiger partial charge in [-0.1, -0.05) is 6.42 Å². The summed E-state index contributed by atoms with van der Waals surface area (Å²) in [6.07, 6.45) is 4.37. The summed E-state index contributed by atoms with van der Waals surface area (Å²) >= 11 is 0. The van der Waals surface area contributed by atoms with Gasteiger partial charge >= 0.3 is 0 Å². The number of carbonyl (C=O) groups excluding carboxylic acids is 1. The Kier molecular flexibility index (Phi) is 3.53. The zero-order chi connectivity index (χ0) is 8.97. The van der Waals surface area contributed by atoms with Gasteiger partial charge in [-0.2, -0.15) is 0 Å². The van der Waals surface area contributed by atoms with Crippen molar-refractivity contribution < 1.29 is 9.90 Å². The first-order chi connectivity index (χ1) is 5.74. The van der Waals surface area contributed by atoms with E-state index in [1.165, 1.54) is 19.3 Å². The Balaban J connectivity index is 2.16. The Bertz CT molecular complexity index is 155. The Morgan fingerprint density at radius 3 is 2.67 bits per heavy atom. The first kappa shape index (κ1) is 9.52. The Hall–Kier alpha value is -0.570. The minimum absolute atomic E-state index is 0.0624. The van der Waals surface area contributed by atoms with Gasteiger partial charge in [-0.05, 0) is 18.8 Å². The smallest absolute Gasteiger partial charge is 0.222 e. The van der Waals surface area contributed by atoms with Crippen LogP contribution in [0.5, 0.6) is 0 Å². The molecule has 0 aromatic carbocycles. The Morgan fingerprint density at radius 1 is 1.58 bits per heavy atom. The maximum Gasteiger partial charge on any atom is 0.222 e. The number of nitrogens with zero attached hydrogens (tertiary/aromatic N) is 1. The lowest BCUT2D eigenvalue weighted by Crippen LogP contribution is -2.32. The molecule has 0 aromatic heterocycles. The van der Waals surface area contributed by atoms with E-state index >= 15 is 0 Å². The zero-order valence-corrected chi connectivity index (χ0v) is 7.62. The van der Waals surface area contributed by atoms with Gasteiger partial charge < -0.3 is 10.0 Å². The summed E-state index contributed by atoms with van der Waals surface area (Å²) in [5.74, 6) is 0.799. The van der Waals surface area contributed by atoms with Gasteiger partial charge in [-0.3, -0.25) is 4.79 Å². The van der Waals surface area contributed by atoms with E-state index in [0.717, 1.165) is 0 Å². The quantitative estimate of drug-likeness (QED) is 0.674. The average Bonchev–Trinajstić information content (AvgIpc) is 1.97. The molecule has 0 atom stereocenters. The number of carbonyl (C=O) groups is 1. The molecule has 1 saturated carbocycles. The van der Waals surface area contributed by atoms with Gasteiger partial charge in [0.1, 0.15) is 0 Å². The van der Waals surface area contributed by atoms with E-state index in [-0.39, 0.29) is 12.5 Å². The molecule has 1 rings (SSSR count). The number of hydrogen-bond acceptors (Lipinski definition) is 2. The Labute approximate surface area is 73.4 Å². The molecule has 3 heteroatoms. The summed E-state index contributed by atoms with van der Waals surface area (Å²) < 4.78 is 0. The topological polar surface area (TPSA) is 40.5 Å². The first-order valence-corrected chi connectivity index (χ1v) is 4.59. The molecule has 70 valence electrons. The fraction of sp³-hybridized carbons (Fsp3) is 0.889. The highest BCUT2D eigenvalue weighted by Gasteiger charge is 2.21. The second-order valence-corrected chi connectivity index (χ2v) is 3.54. The van der Waals surface area contributed by atoms with E-state index in [0.29, 0.717) is 18.9 Å². The summed E-state index contributed by atoms with van der Waals surface area (Å²) in [5.41, 5.74) is 0. The molecule has 0 spiro atoms. The molecule has 0 bridgehead atoms. The summed E-state index contributed by atoms with van der Waals surface area (Å²) in [6, 6.07) is 0. The summed E-state index contributed by atoms with van der Waals surface area (Å²) in [5, 5.41) is 8.60. The lowest BCUT2D eigenvalue weighted by Gasteiger charge is -2.26. The van der Waals surface area contributed by atoms with Gasteiger partial charge in [0.05, 0.1) is 6.61 Å². The third-order valence-corrected chi connectivity index (χ3v) is 2.55. The van der Waals surface area contributed by atoms with Crippen molar-refractivity contribution in [3.05, 3.63) is 0 Å². The lowest BCUT2D eigenvalue weighted by atomic mass is 9.83. The van der Waals surface area contributed by atoms with Gasteiger partial charge in [-0.25, -0.2) is 0 Å². The van der Waals surface area contributed by atoms with Gasteiger partial charge in [0, 0.05) is 20.0 Å². The van der Waals surface area contributed by atoms with Crippen LogP contribution in [0.2, 0.25) is 0 Å². The predicted molar refractivity (Wildman–Crippen MR) is 46.7 cm³/mol. The van der Waals surface area contributed by atoms with E-state index < -0.39 is 0 Å². The number of aliphatic hydroxyl groups excluding tert-OH is 1. The molecule has 0 saturated heterocycles. The summed E-state index contributed by atoms with van der Waals surface area (Å²) in [7, 11) is 1.75. The van der Waals surface area contributed by atoms with Crippen molar-refractivity contribution in [3.8, 4) is 0 Å². The van der Waals surface area contributed by atoms with Crippen molar-refractivity contribution in [3.63, 3.8) is 0 Å². The summed E-state index contributed by atoms with van der Waals surface area (Å²) in [4.78, 5) is 13.0. The fourth-order valence-corrected chi connectivity index (χ4v) is 1.37. The van der Waals surface area contributed by atoms with Gasteiger partial charge in [0.15, 0.2) is 0 Å². The van der Waals surface area contributed by atoms with Crippen LogP contribution < -0.4 is 0 Å². The van der Waals surface area contributed by atoms with Crippen LogP contribution in [0, 0.1) is 5.92 Å². The van der Waals surface area contributed by atoms with E-state index in [2.05, 4.69) is 0 Å². The molecule has 0 aliphatic heterocycles. The molecule has 12 heavy (non-hydrogen) atoms. The van der Waals surface area contributed by atoms with E-state index in [1.807, 2.05) is 0 Å². The molecule has 1 aliphatic rings. The third kappa shape index (κ3) is 2.48. The van der Waals surface area contributed by atoms with Crippen LogP contribution in [-0.4, -0.2) is 36.1 Å². The molecule has 0 radical (unpaired) electrons. The van der Waals surface area contributed by atoms with Crippen LogP contribution in [0.15, 0.2) is 0 Å². The predicted octanol–water partition coefficient (Wildman–Crippen LogP) is 0.627. The monoisotopic (exact) mass is 171 g/mol. The molecule has 1 N–H and O–H groups in total. The van der Waals surface area contributed by atoms with Crippen LogP contribution in [0.1, 0.15) is 25.7 Å². The van der Waals surface area contributed by atoms with Gasteiger partial charge in [0.25, 0.3) is 0 Å². The van der Waals surface area contributed by atoms with E-state index in [9.17, 15) is 4.79 Å². The second kappa shape index (κ2) is 4.45. The number of rotatable bonds is 4. The van der Waals surface area contributed by atoms with Crippen molar-refractivity contribution in [2.45, 2.75) is 25.7 Å². The normalized spacial score (nSPS) is 17.2. The van der Waals surface area contributed by atoms with Crippen LogP contribution in [0.25, 0.3) is 0 Å². The largest absolute Gasteiger partial charge is 0.395 e. The molecule has 1 amide bonds. The molecule has 1 aliphatic carbocycles. The molecule has 0 aromatic rings. The number of amides is 1. The number of aliphatic hydroxyl groups is 1. The highest BCUT2D eigenvalue weighted by molar-refractivity contribution is 5.76. The van der Waals surface area contributed by atoms with Crippen molar-refractivity contribution in [1.29, 1.82) is 0 Å². The van der Waals surface area contributed by atoms with Crippen molar-refractivity contribution >= 4 is 5.91 Å². The van der Waals surface area contributed by atoms with Gasteiger partial charge in [-0.15, -0.1) is 0 Å². The minimum atomic E-state index is 0.0624. The molecule has 0 unspecified atom stereocenters. The standard InChI is InChI=1S/C9H17NO2/c1-10(5-6-11)9(12)7-8-3-2-4-8/h8,11H,2-7H2,1H3. The number of hydrogen-bond donors (Lipinski definition) is 1. The fourth-order valence-electron chi connectivity index (χ4n) is 1.37. The third-order valence-electron chi connectivity index (χ3n) is 2.55. The average molecular weight is 171 g/mol. The highest BCUT2D eigenvalue weighted by Crippen LogP contribution is 2.29. The maximum absolute atomic E-state index is 11.4. The van der Waals surface area contributed by atoms with Crippen LogP contribution in [0.3, 0.4) is 0 Å². The van der Waals surface area contributed by atoms with Crippen LogP contribution >= 0.6 is 0 Å². The minimum Gasteiger partial charge on any atom is -0.395 e. The second-order valence-electron chi connectivity index (χ2n) is 3.54. The van der Waals surface area contributed by atoms with Crippen molar-refractivity contribution in [2.24, 2.45) is 5.92 Å². The molecule has 3 nitrogen and oxygen atoms in total. The van der Waals surface area contributed by atoms with Gasteiger partial charge in [0.2, 0.25) is 5.91 Å². The molecule has 1 fully saturated rings. The number of likely N-dealkylation sites (N-methyl/N-ethyl adjacent to an activating group) is 1. The highest BCUT2D eigenvalue weighted by atomic mass is 16.3. The van der Waals surface area contributed by atoms with E-state index in [1.54, 1.807) is 11.9 Å². The molecular formula is C9H17NO2.